The fourth-order valence-corrected chi connectivity index (χ4v) is 2.26. The number of rotatable bonds is 5. The number of anilines is 1. The van der Waals surface area contributed by atoms with Crippen LogP contribution in [-0.2, 0) is 0 Å². The molecule has 0 amide bonds. The maximum absolute atomic E-state index is 5.78. The quantitative estimate of drug-likeness (QED) is 0.807. The molecule has 0 spiro atoms. The number of hydrogen-bond acceptors (Lipinski definition) is 2. The lowest BCUT2D eigenvalue weighted by Gasteiger charge is -2.22. The molecule has 3 heteroatoms. The smallest absolute Gasteiger partial charge is 0.129 e. The van der Waals surface area contributed by atoms with E-state index < -0.39 is 0 Å². The van der Waals surface area contributed by atoms with Crippen molar-refractivity contribution < 1.29 is 0 Å². The average molecular weight is 275 g/mol. The van der Waals surface area contributed by atoms with Gasteiger partial charge >= 0.3 is 0 Å². The van der Waals surface area contributed by atoms with Gasteiger partial charge in [0.25, 0.3) is 0 Å². The zero-order valence-corrected chi connectivity index (χ0v) is 12.1. The summed E-state index contributed by atoms with van der Waals surface area (Å²) >= 11 is 5.78. The number of halogens is 1. The second kappa shape index (κ2) is 6.58. The van der Waals surface area contributed by atoms with Gasteiger partial charge in [0.2, 0.25) is 0 Å². The molecule has 2 nitrogen and oxygen atoms in total. The van der Waals surface area contributed by atoms with E-state index in [2.05, 4.69) is 54.5 Å². The van der Waals surface area contributed by atoms with E-state index in [1.54, 1.807) is 12.3 Å². The summed E-state index contributed by atoms with van der Waals surface area (Å²) in [5, 5.41) is 3.95. The fourth-order valence-electron chi connectivity index (χ4n) is 2.15. The molecule has 1 unspecified atom stereocenters. The molecule has 0 aliphatic carbocycles. The van der Waals surface area contributed by atoms with Crippen molar-refractivity contribution in [2.24, 2.45) is 5.92 Å². The molecule has 0 radical (unpaired) electrons. The molecule has 0 bridgehead atoms. The SMILES string of the molecule is CC(C)C(CNc1ccc(Cl)nc1)c1ccccc1. The van der Waals surface area contributed by atoms with Crippen LogP contribution in [-0.4, -0.2) is 11.5 Å². The highest BCUT2D eigenvalue weighted by Gasteiger charge is 2.15. The van der Waals surface area contributed by atoms with E-state index in [-0.39, 0.29) is 0 Å². The first-order valence-corrected chi connectivity index (χ1v) is 6.95. The molecular formula is C16H19ClN2. The van der Waals surface area contributed by atoms with E-state index in [0.29, 0.717) is 17.0 Å². The van der Waals surface area contributed by atoms with Crippen LogP contribution in [0.4, 0.5) is 5.69 Å². The Bertz CT molecular complexity index is 494. The minimum absolute atomic E-state index is 0.483. The van der Waals surface area contributed by atoms with E-state index >= 15 is 0 Å². The maximum atomic E-state index is 5.78. The zero-order valence-electron chi connectivity index (χ0n) is 11.3. The molecule has 2 aromatic rings. The average Bonchev–Trinajstić information content (AvgIpc) is 2.42. The van der Waals surface area contributed by atoms with Crippen molar-refractivity contribution in [3.05, 3.63) is 59.4 Å². The Hall–Kier alpha value is -1.54. The van der Waals surface area contributed by atoms with Crippen LogP contribution in [0, 0.1) is 5.92 Å². The summed E-state index contributed by atoms with van der Waals surface area (Å²) in [6, 6.07) is 14.4. The summed E-state index contributed by atoms with van der Waals surface area (Å²) in [5.41, 5.74) is 2.37. The Morgan fingerprint density at radius 3 is 2.42 bits per heavy atom. The first-order chi connectivity index (χ1) is 9.16. The molecule has 1 aromatic heterocycles. The van der Waals surface area contributed by atoms with Crippen molar-refractivity contribution in [2.45, 2.75) is 19.8 Å². The molecule has 100 valence electrons. The lowest BCUT2D eigenvalue weighted by Crippen LogP contribution is -2.17. The first-order valence-electron chi connectivity index (χ1n) is 6.57. The third kappa shape index (κ3) is 3.97. The van der Waals surface area contributed by atoms with Crippen LogP contribution in [0.3, 0.4) is 0 Å². The summed E-state index contributed by atoms with van der Waals surface area (Å²) in [6.45, 7) is 5.39. The van der Waals surface area contributed by atoms with Crippen LogP contribution >= 0.6 is 11.6 Å². The largest absolute Gasteiger partial charge is 0.383 e. The van der Waals surface area contributed by atoms with Crippen molar-refractivity contribution in [3.8, 4) is 0 Å². The summed E-state index contributed by atoms with van der Waals surface area (Å²) in [5.74, 6) is 1.06. The molecule has 0 aliphatic heterocycles. The Labute approximate surface area is 119 Å². The monoisotopic (exact) mass is 274 g/mol. The summed E-state index contributed by atoms with van der Waals surface area (Å²) in [6.07, 6.45) is 1.77. The third-order valence-electron chi connectivity index (χ3n) is 3.29. The molecule has 1 atom stereocenters. The zero-order chi connectivity index (χ0) is 13.7. The minimum Gasteiger partial charge on any atom is -0.383 e. The van der Waals surface area contributed by atoms with Gasteiger partial charge in [0, 0.05) is 12.5 Å². The summed E-state index contributed by atoms with van der Waals surface area (Å²) < 4.78 is 0. The molecule has 0 fully saturated rings. The van der Waals surface area contributed by atoms with Crippen LogP contribution in [0.1, 0.15) is 25.3 Å². The van der Waals surface area contributed by atoms with E-state index in [9.17, 15) is 0 Å². The van der Waals surface area contributed by atoms with Crippen LogP contribution in [0.15, 0.2) is 48.7 Å². The van der Waals surface area contributed by atoms with Gasteiger partial charge in [-0.3, -0.25) is 0 Å². The molecule has 1 aromatic carbocycles. The van der Waals surface area contributed by atoms with Gasteiger partial charge in [0.1, 0.15) is 5.15 Å². The Morgan fingerprint density at radius 1 is 1.11 bits per heavy atom. The molecule has 0 aliphatic rings. The van der Waals surface area contributed by atoms with Gasteiger partial charge in [-0.15, -0.1) is 0 Å². The second-order valence-electron chi connectivity index (χ2n) is 5.01. The predicted molar refractivity (Wildman–Crippen MR) is 81.8 cm³/mol. The number of nitrogens with one attached hydrogen (secondary N) is 1. The maximum Gasteiger partial charge on any atom is 0.129 e. The minimum atomic E-state index is 0.483. The van der Waals surface area contributed by atoms with E-state index in [1.165, 1.54) is 5.56 Å². The van der Waals surface area contributed by atoms with Crippen molar-refractivity contribution >= 4 is 17.3 Å². The highest BCUT2D eigenvalue weighted by molar-refractivity contribution is 6.29. The number of aromatic nitrogens is 1. The highest BCUT2D eigenvalue weighted by atomic mass is 35.5. The number of benzene rings is 1. The Kier molecular flexibility index (Phi) is 4.80. The van der Waals surface area contributed by atoms with Crippen molar-refractivity contribution in [3.63, 3.8) is 0 Å². The number of pyridine rings is 1. The fraction of sp³-hybridized carbons (Fsp3) is 0.312. The summed E-state index contributed by atoms with van der Waals surface area (Å²) in [4.78, 5) is 4.08. The van der Waals surface area contributed by atoms with Crippen molar-refractivity contribution in [1.82, 2.24) is 4.98 Å². The van der Waals surface area contributed by atoms with Gasteiger partial charge in [-0.25, -0.2) is 4.98 Å². The van der Waals surface area contributed by atoms with Crippen molar-refractivity contribution in [2.75, 3.05) is 11.9 Å². The number of hydrogen-bond donors (Lipinski definition) is 1. The normalized spacial score (nSPS) is 12.4. The molecule has 2 rings (SSSR count). The van der Waals surface area contributed by atoms with E-state index in [0.717, 1.165) is 12.2 Å². The molecule has 1 heterocycles. The van der Waals surface area contributed by atoms with E-state index in [4.69, 9.17) is 11.6 Å². The molecular weight excluding hydrogens is 256 g/mol. The van der Waals surface area contributed by atoms with Crippen LogP contribution in [0.5, 0.6) is 0 Å². The Morgan fingerprint density at radius 2 is 1.84 bits per heavy atom. The summed E-state index contributed by atoms with van der Waals surface area (Å²) in [7, 11) is 0. The lowest BCUT2D eigenvalue weighted by molar-refractivity contribution is 0.517. The van der Waals surface area contributed by atoms with Crippen LogP contribution in [0.2, 0.25) is 5.15 Å². The van der Waals surface area contributed by atoms with Crippen LogP contribution < -0.4 is 5.32 Å². The highest BCUT2D eigenvalue weighted by Crippen LogP contribution is 2.24. The van der Waals surface area contributed by atoms with Gasteiger partial charge in [0.15, 0.2) is 0 Å². The Balaban J connectivity index is 2.04. The standard InChI is InChI=1S/C16H19ClN2/c1-12(2)15(13-6-4-3-5-7-13)11-18-14-8-9-16(17)19-10-14/h3-10,12,15,18H,11H2,1-2H3. The van der Waals surface area contributed by atoms with Crippen LogP contribution in [0.25, 0.3) is 0 Å². The van der Waals surface area contributed by atoms with Gasteiger partial charge in [-0.1, -0.05) is 55.8 Å². The molecule has 1 N–H and O–H groups in total. The second-order valence-corrected chi connectivity index (χ2v) is 5.40. The van der Waals surface area contributed by atoms with Gasteiger partial charge in [-0.05, 0) is 23.6 Å². The lowest BCUT2D eigenvalue weighted by atomic mass is 9.88. The van der Waals surface area contributed by atoms with Gasteiger partial charge < -0.3 is 5.32 Å². The first kappa shape index (κ1) is 13.9. The predicted octanol–water partition coefficient (Wildman–Crippen LogP) is 4.59. The molecule has 19 heavy (non-hydrogen) atoms. The van der Waals surface area contributed by atoms with Gasteiger partial charge in [0.05, 0.1) is 11.9 Å². The third-order valence-corrected chi connectivity index (χ3v) is 3.51. The number of nitrogens with zero attached hydrogens (tertiary/aromatic N) is 1. The molecule has 0 saturated carbocycles. The molecule has 0 saturated heterocycles. The van der Waals surface area contributed by atoms with E-state index in [1.807, 2.05) is 6.07 Å². The topological polar surface area (TPSA) is 24.9 Å². The van der Waals surface area contributed by atoms with Crippen molar-refractivity contribution in [1.29, 1.82) is 0 Å². The van der Waals surface area contributed by atoms with Gasteiger partial charge in [-0.2, -0.15) is 0 Å².